The Morgan fingerprint density at radius 1 is 1.57 bits per heavy atom. The van der Waals surface area contributed by atoms with E-state index in [4.69, 9.17) is 10.8 Å². The molecule has 0 aromatic carbocycles. The highest BCUT2D eigenvalue weighted by Gasteiger charge is 2.12. The van der Waals surface area contributed by atoms with Crippen molar-refractivity contribution < 1.29 is 9.90 Å². The number of carboxylic acids is 1. The fraction of sp³-hybridized carbons (Fsp3) is 0.444. The summed E-state index contributed by atoms with van der Waals surface area (Å²) in [5.74, 6) is -0.313. The predicted octanol–water partition coefficient (Wildman–Crippen LogP) is 0.568. The summed E-state index contributed by atoms with van der Waals surface area (Å²) in [6, 6.07) is 1.15. The fourth-order valence-corrected chi connectivity index (χ4v) is 1.23. The first kappa shape index (κ1) is 10.6. The van der Waals surface area contributed by atoms with Crippen molar-refractivity contribution in [3.63, 3.8) is 0 Å². The number of carboxylic acid groups (broad SMARTS) is 1. The van der Waals surface area contributed by atoms with Gasteiger partial charge in [0.2, 0.25) is 0 Å². The van der Waals surface area contributed by atoms with E-state index in [9.17, 15) is 4.79 Å². The van der Waals surface area contributed by atoms with Gasteiger partial charge >= 0.3 is 5.97 Å². The van der Waals surface area contributed by atoms with Crippen LogP contribution >= 0.6 is 0 Å². The van der Waals surface area contributed by atoms with Gasteiger partial charge in [0.05, 0.1) is 18.2 Å². The molecule has 1 unspecified atom stereocenters. The molecule has 5 nitrogen and oxygen atoms in total. The molecule has 0 amide bonds. The topological polar surface area (TPSA) is 89.1 Å². The molecule has 76 valence electrons. The van der Waals surface area contributed by atoms with Crippen LogP contribution in [0.4, 0.5) is 0 Å². The van der Waals surface area contributed by atoms with E-state index < -0.39 is 12.0 Å². The first-order valence-electron chi connectivity index (χ1n) is 4.28. The summed E-state index contributed by atoms with van der Waals surface area (Å²) in [5.41, 5.74) is 7.04. The number of nitrogens with two attached hydrogens (primary N) is 1. The molecule has 1 aromatic heterocycles. The second-order valence-electron chi connectivity index (χ2n) is 3.19. The second kappa shape index (κ2) is 4.15. The van der Waals surface area contributed by atoms with Crippen molar-refractivity contribution in [3.8, 4) is 0 Å². The van der Waals surface area contributed by atoms with Crippen LogP contribution in [0, 0.1) is 13.8 Å². The van der Waals surface area contributed by atoms with E-state index in [1.165, 1.54) is 0 Å². The molecule has 0 aliphatic heterocycles. The van der Waals surface area contributed by atoms with E-state index in [2.05, 4.69) is 9.97 Å². The highest BCUT2D eigenvalue weighted by molar-refractivity contribution is 5.67. The lowest BCUT2D eigenvalue weighted by atomic mass is 10.1. The van der Waals surface area contributed by atoms with Crippen LogP contribution in [-0.4, -0.2) is 21.0 Å². The van der Waals surface area contributed by atoms with Gasteiger partial charge in [-0.05, 0) is 19.9 Å². The van der Waals surface area contributed by atoms with Crippen molar-refractivity contribution in [1.29, 1.82) is 0 Å². The van der Waals surface area contributed by atoms with Crippen LogP contribution in [0.15, 0.2) is 6.07 Å². The quantitative estimate of drug-likeness (QED) is 0.735. The predicted molar refractivity (Wildman–Crippen MR) is 50.7 cm³/mol. The summed E-state index contributed by atoms with van der Waals surface area (Å²) in [6.07, 6.45) is -0.115. The Balaban J connectivity index is 2.89. The van der Waals surface area contributed by atoms with Gasteiger partial charge in [-0.3, -0.25) is 4.79 Å². The van der Waals surface area contributed by atoms with Crippen LogP contribution in [0.25, 0.3) is 0 Å². The summed E-state index contributed by atoms with van der Waals surface area (Å²) in [6.45, 7) is 3.58. The zero-order chi connectivity index (χ0) is 10.7. The van der Waals surface area contributed by atoms with Gasteiger partial charge in [0.1, 0.15) is 5.82 Å². The number of rotatable bonds is 3. The van der Waals surface area contributed by atoms with E-state index in [0.29, 0.717) is 11.5 Å². The van der Waals surface area contributed by atoms with Crippen LogP contribution in [0.1, 0.15) is 29.7 Å². The van der Waals surface area contributed by atoms with Gasteiger partial charge in [0.15, 0.2) is 0 Å². The third-order valence-corrected chi connectivity index (χ3v) is 1.76. The molecule has 0 bridgehead atoms. The fourth-order valence-electron chi connectivity index (χ4n) is 1.23. The lowest BCUT2D eigenvalue weighted by molar-refractivity contribution is -0.137. The monoisotopic (exact) mass is 195 g/mol. The largest absolute Gasteiger partial charge is 0.481 e. The van der Waals surface area contributed by atoms with Gasteiger partial charge in [-0.15, -0.1) is 0 Å². The molecule has 1 aromatic rings. The van der Waals surface area contributed by atoms with Gasteiger partial charge in [-0.1, -0.05) is 0 Å². The summed E-state index contributed by atoms with van der Waals surface area (Å²) in [7, 11) is 0. The Morgan fingerprint density at radius 2 is 2.21 bits per heavy atom. The maximum absolute atomic E-state index is 10.4. The van der Waals surface area contributed by atoms with Crippen molar-refractivity contribution in [2.75, 3.05) is 0 Å². The zero-order valence-corrected chi connectivity index (χ0v) is 8.19. The molecule has 0 saturated carbocycles. The molecule has 0 fully saturated rings. The Bertz CT molecular complexity index is 332. The number of aromatic nitrogens is 2. The summed E-state index contributed by atoms with van der Waals surface area (Å²) < 4.78 is 0. The minimum absolute atomic E-state index is 0.115. The minimum atomic E-state index is -0.925. The van der Waals surface area contributed by atoms with Crippen molar-refractivity contribution in [2.45, 2.75) is 26.3 Å². The molecule has 1 heterocycles. The van der Waals surface area contributed by atoms with E-state index in [1.807, 2.05) is 6.92 Å². The Kier molecular flexibility index (Phi) is 3.14. The van der Waals surface area contributed by atoms with Gasteiger partial charge < -0.3 is 10.8 Å². The molecule has 5 heteroatoms. The number of aryl methyl sites for hydroxylation is 2. The molecule has 14 heavy (non-hydrogen) atoms. The molecule has 0 spiro atoms. The average Bonchev–Trinajstić information content (AvgIpc) is 2.00. The molecule has 3 N–H and O–H groups in total. The van der Waals surface area contributed by atoms with Crippen molar-refractivity contribution in [3.05, 3.63) is 23.3 Å². The summed E-state index contributed by atoms with van der Waals surface area (Å²) >= 11 is 0. The van der Waals surface area contributed by atoms with Gasteiger partial charge in [0.25, 0.3) is 0 Å². The molecule has 1 atom stereocenters. The standard InChI is InChI=1S/C9H13N3O2/c1-5-3-8(12-6(2)11-5)7(10)4-9(13)14/h3,7H,4,10H2,1-2H3,(H,13,14). The molecule has 0 aliphatic rings. The van der Waals surface area contributed by atoms with E-state index in [0.717, 1.165) is 5.69 Å². The van der Waals surface area contributed by atoms with E-state index in [-0.39, 0.29) is 6.42 Å². The Labute approximate surface area is 82.0 Å². The number of hydrogen-bond donors (Lipinski definition) is 2. The van der Waals surface area contributed by atoms with Crippen LogP contribution in [0.5, 0.6) is 0 Å². The number of nitrogens with zero attached hydrogens (tertiary/aromatic N) is 2. The molecular formula is C9H13N3O2. The number of hydrogen-bond acceptors (Lipinski definition) is 4. The van der Waals surface area contributed by atoms with E-state index in [1.54, 1.807) is 13.0 Å². The first-order valence-corrected chi connectivity index (χ1v) is 4.28. The smallest absolute Gasteiger partial charge is 0.305 e. The van der Waals surface area contributed by atoms with Crippen LogP contribution < -0.4 is 5.73 Å². The van der Waals surface area contributed by atoms with Crippen molar-refractivity contribution in [1.82, 2.24) is 9.97 Å². The average molecular weight is 195 g/mol. The minimum Gasteiger partial charge on any atom is -0.481 e. The Hall–Kier alpha value is -1.49. The highest BCUT2D eigenvalue weighted by Crippen LogP contribution is 2.12. The summed E-state index contributed by atoms with van der Waals surface area (Å²) in [4.78, 5) is 18.6. The number of carbonyl (C=O) groups is 1. The second-order valence-corrected chi connectivity index (χ2v) is 3.19. The zero-order valence-electron chi connectivity index (χ0n) is 8.19. The van der Waals surface area contributed by atoms with Gasteiger partial charge in [-0.2, -0.15) is 0 Å². The molecule has 0 aliphatic carbocycles. The molecule has 1 rings (SSSR count). The third-order valence-electron chi connectivity index (χ3n) is 1.76. The van der Waals surface area contributed by atoms with Crippen molar-refractivity contribution >= 4 is 5.97 Å². The van der Waals surface area contributed by atoms with Crippen molar-refractivity contribution in [2.24, 2.45) is 5.73 Å². The van der Waals surface area contributed by atoms with Crippen LogP contribution in [0.3, 0.4) is 0 Å². The molecule has 0 saturated heterocycles. The third kappa shape index (κ3) is 2.77. The maximum atomic E-state index is 10.4. The SMILES string of the molecule is Cc1cc(C(N)CC(=O)O)nc(C)n1. The maximum Gasteiger partial charge on any atom is 0.305 e. The molecule has 0 radical (unpaired) electrons. The first-order chi connectivity index (χ1) is 6.49. The van der Waals surface area contributed by atoms with Crippen LogP contribution in [0.2, 0.25) is 0 Å². The highest BCUT2D eigenvalue weighted by atomic mass is 16.4. The Morgan fingerprint density at radius 3 is 2.71 bits per heavy atom. The molecular weight excluding hydrogens is 182 g/mol. The number of aliphatic carboxylic acids is 1. The van der Waals surface area contributed by atoms with E-state index >= 15 is 0 Å². The summed E-state index contributed by atoms with van der Waals surface area (Å²) in [5, 5.41) is 8.56. The lowest BCUT2D eigenvalue weighted by Gasteiger charge is -2.09. The lowest BCUT2D eigenvalue weighted by Crippen LogP contribution is -2.17. The normalized spacial score (nSPS) is 12.5. The van der Waals surface area contributed by atoms with Gasteiger partial charge in [-0.25, -0.2) is 9.97 Å². The van der Waals surface area contributed by atoms with Crippen LogP contribution in [-0.2, 0) is 4.79 Å². The van der Waals surface area contributed by atoms with Gasteiger partial charge in [0, 0.05) is 5.69 Å².